The summed E-state index contributed by atoms with van der Waals surface area (Å²) in [5.41, 5.74) is 3.18. The van der Waals surface area contributed by atoms with Gasteiger partial charge in [-0.05, 0) is 36.8 Å². The van der Waals surface area contributed by atoms with Crippen molar-refractivity contribution >= 4 is 44.6 Å². The Balaban J connectivity index is 2.20. The number of ether oxygens (including phenoxy) is 1. The first-order valence-corrected chi connectivity index (χ1v) is 7.62. The number of nitrogens with zero attached hydrogens (tertiary/aromatic N) is 1. The molecule has 0 fully saturated rings. The van der Waals surface area contributed by atoms with Gasteiger partial charge >= 0.3 is 5.97 Å². The second-order valence-electron chi connectivity index (χ2n) is 4.73. The van der Waals surface area contributed by atoms with Crippen molar-refractivity contribution in [3.05, 3.63) is 51.0 Å². The molecule has 0 unspecified atom stereocenters. The SMILES string of the molecule is COC(=O)c1cc(Cl)c2oc(-c3cccc(Br)c3C)nc2c1. The zero-order chi connectivity index (χ0) is 15.9. The molecule has 0 N–H and O–H groups in total. The third-order valence-electron chi connectivity index (χ3n) is 3.36. The molecule has 6 heteroatoms. The Kier molecular flexibility index (Phi) is 3.93. The Labute approximate surface area is 140 Å². The average molecular weight is 381 g/mol. The number of fused-ring (bicyclic) bond motifs is 1. The lowest BCUT2D eigenvalue weighted by molar-refractivity contribution is 0.0601. The Bertz CT molecular complexity index is 888. The Hall–Kier alpha value is -1.85. The molecule has 0 amide bonds. The number of methoxy groups -OCH3 is 1. The first-order valence-electron chi connectivity index (χ1n) is 6.45. The highest BCUT2D eigenvalue weighted by atomic mass is 79.9. The van der Waals surface area contributed by atoms with E-state index in [1.54, 1.807) is 6.07 Å². The van der Waals surface area contributed by atoms with Crippen LogP contribution in [0.2, 0.25) is 5.02 Å². The number of halogens is 2. The number of aromatic nitrogens is 1. The van der Waals surface area contributed by atoms with Crippen LogP contribution in [0.25, 0.3) is 22.6 Å². The van der Waals surface area contributed by atoms with E-state index in [4.69, 9.17) is 20.8 Å². The van der Waals surface area contributed by atoms with Crippen LogP contribution in [0.15, 0.2) is 39.2 Å². The number of rotatable bonds is 2. The van der Waals surface area contributed by atoms with Crippen LogP contribution in [0.5, 0.6) is 0 Å². The van der Waals surface area contributed by atoms with Gasteiger partial charge in [0.1, 0.15) is 5.52 Å². The summed E-state index contributed by atoms with van der Waals surface area (Å²) in [6.45, 7) is 1.97. The summed E-state index contributed by atoms with van der Waals surface area (Å²) in [4.78, 5) is 16.1. The molecule has 0 saturated heterocycles. The standard InChI is InChI=1S/C16H11BrClNO3/c1-8-10(4-3-5-11(8)17)15-19-13-7-9(16(20)21-2)6-12(18)14(13)22-15/h3-7H,1-2H3. The van der Waals surface area contributed by atoms with Crippen LogP contribution in [0.3, 0.4) is 0 Å². The molecule has 0 atom stereocenters. The number of benzene rings is 2. The molecular formula is C16H11BrClNO3. The van der Waals surface area contributed by atoms with Gasteiger partial charge in [0, 0.05) is 10.0 Å². The zero-order valence-corrected chi connectivity index (χ0v) is 14.2. The summed E-state index contributed by atoms with van der Waals surface area (Å²) in [7, 11) is 1.32. The summed E-state index contributed by atoms with van der Waals surface area (Å²) in [6.07, 6.45) is 0. The van der Waals surface area contributed by atoms with Crippen LogP contribution in [0, 0.1) is 6.92 Å². The van der Waals surface area contributed by atoms with Gasteiger partial charge in [0.05, 0.1) is 17.7 Å². The predicted molar refractivity (Wildman–Crippen MR) is 88.2 cm³/mol. The lowest BCUT2D eigenvalue weighted by atomic mass is 10.1. The third kappa shape index (κ3) is 2.51. The Morgan fingerprint density at radius 2 is 2.14 bits per heavy atom. The monoisotopic (exact) mass is 379 g/mol. The van der Waals surface area contributed by atoms with Gasteiger partial charge in [0.2, 0.25) is 5.89 Å². The molecule has 4 nitrogen and oxygen atoms in total. The highest BCUT2D eigenvalue weighted by Crippen LogP contribution is 2.33. The van der Waals surface area contributed by atoms with E-state index in [1.165, 1.54) is 13.2 Å². The lowest BCUT2D eigenvalue weighted by Gasteiger charge is -2.02. The molecule has 1 aromatic heterocycles. The van der Waals surface area contributed by atoms with Crippen molar-refractivity contribution in [2.45, 2.75) is 6.92 Å². The van der Waals surface area contributed by atoms with Gasteiger partial charge in [-0.2, -0.15) is 0 Å². The van der Waals surface area contributed by atoms with Crippen molar-refractivity contribution in [1.29, 1.82) is 0 Å². The number of carbonyl (C=O) groups is 1. The maximum atomic E-state index is 11.6. The smallest absolute Gasteiger partial charge is 0.337 e. The van der Waals surface area contributed by atoms with Gasteiger partial charge in [-0.3, -0.25) is 0 Å². The van der Waals surface area contributed by atoms with E-state index in [0.717, 1.165) is 15.6 Å². The number of oxazole rings is 1. The van der Waals surface area contributed by atoms with Crippen molar-refractivity contribution in [3.63, 3.8) is 0 Å². The molecule has 0 radical (unpaired) electrons. The number of esters is 1. The van der Waals surface area contributed by atoms with E-state index in [2.05, 4.69) is 20.9 Å². The van der Waals surface area contributed by atoms with Crippen molar-refractivity contribution in [3.8, 4) is 11.5 Å². The van der Waals surface area contributed by atoms with Crippen molar-refractivity contribution < 1.29 is 13.9 Å². The van der Waals surface area contributed by atoms with E-state index in [9.17, 15) is 4.79 Å². The normalized spacial score (nSPS) is 10.9. The fourth-order valence-corrected chi connectivity index (χ4v) is 2.80. The van der Waals surface area contributed by atoms with Gasteiger partial charge < -0.3 is 9.15 Å². The van der Waals surface area contributed by atoms with Crippen LogP contribution >= 0.6 is 27.5 Å². The van der Waals surface area contributed by atoms with Crippen LogP contribution in [0.1, 0.15) is 15.9 Å². The van der Waals surface area contributed by atoms with Crippen molar-refractivity contribution in [1.82, 2.24) is 4.98 Å². The summed E-state index contributed by atoms with van der Waals surface area (Å²) >= 11 is 9.67. The van der Waals surface area contributed by atoms with E-state index in [-0.39, 0.29) is 0 Å². The zero-order valence-electron chi connectivity index (χ0n) is 11.8. The van der Waals surface area contributed by atoms with Crippen LogP contribution in [-0.4, -0.2) is 18.1 Å². The summed E-state index contributed by atoms with van der Waals surface area (Å²) < 4.78 is 11.4. The minimum atomic E-state index is -0.466. The van der Waals surface area contributed by atoms with Gasteiger partial charge in [0.15, 0.2) is 5.58 Å². The molecule has 0 spiro atoms. The molecule has 0 bridgehead atoms. The topological polar surface area (TPSA) is 52.3 Å². The second-order valence-corrected chi connectivity index (χ2v) is 5.99. The molecule has 0 aliphatic carbocycles. The van der Waals surface area contributed by atoms with E-state index in [0.29, 0.717) is 27.6 Å². The quantitative estimate of drug-likeness (QED) is 0.587. The largest absolute Gasteiger partial charge is 0.465 e. The molecular weight excluding hydrogens is 370 g/mol. The molecule has 0 aliphatic rings. The summed E-state index contributed by atoms with van der Waals surface area (Å²) in [6, 6.07) is 8.89. The molecule has 3 aromatic rings. The van der Waals surface area contributed by atoms with Crippen molar-refractivity contribution in [2.75, 3.05) is 7.11 Å². The summed E-state index contributed by atoms with van der Waals surface area (Å²) in [5.74, 6) is -0.00954. The molecule has 0 saturated carbocycles. The molecule has 3 rings (SSSR count). The fraction of sp³-hybridized carbons (Fsp3) is 0.125. The maximum Gasteiger partial charge on any atom is 0.337 e. The number of carbonyl (C=O) groups excluding carboxylic acids is 1. The van der Waals surface area contributed by atoms with Gasteiger partial charge in [-0.25, -0.2) is 9.78 Å². The highest BCUT2D eigenvalue weighted by Gasteiger charge is 2.17. The Morgan fingerprint density at radius 1 is 1.36 bits per heavy atom. The van der Waals surface area contributed by atoms with Crippen molar-refractivity contribution in [2.24, 2.45) is 0 Å². The van der Waals surface area contributed by atoms with Crippen LogP contribution in [-0.2, 0) is 4.74 Å². The lowest BCUT2D eigenvalue weighted by Crippen LogP contribution is -2.00. The predicted octanol–water partition coefficient (Wildman–Crippen LogP) is 5.01. The summed E-state index contributed by atoms with van der Waals surface area (Å²) in [5, 5.41) is 0.323. The molecule has 112 valence electrons. The van der Waals surface area contributed by atoms with E-state index >= 15 is 0 Å². The van der Waals surface area contributed by atoms with E-state index in [1.807, 2.05) is 25.1 Å². The second kappa shape index (κ2) is 5.74. The van der Waals surface area contributed by atoms with Gasteiger partial charge in [-0.15, -0.1) is 0 Å². The minimum absolute atomic E-state index is 0.323. The highest BCUT2D eigenvalue weighted by molar-refractivity contribution is 9.10. The van der Waals surface area contributed by atoms with E-state index < -0.39 is 5.97 Å². The van der Waals surface area contributed by atoms with Crippen LogP contribution < -0.4 is 0 Å². The number of hydrogen-bond donors (Lipinski definition) is 0. The Morgan fingerprint density at radius 3 is 2.86 bits per heavy atom. The fourth-order valence-electron chi connectivity index (χ4n) is 2.18. The minimum Gasteiger partial charge on any atom is -0.465 e. The number of hydrogen-bond acceptors (Lipinski definition) is 4. The van der Waals surface area contributed by atoms with Gasteiger partial charge in [0.25, 0.3) is 0 Å². The molecule has 0 aliphatic heterocycles. The first kappa shape index (κ1) is 15.1. The molecule has 1 heterocycles. The average Bonchev–Trinajstić information content (AvgIpc) is 2.93. The third-order valence-corrected chi connectivity index (χ3v) is 4.50. The first-order chi connectivity index (χ1) is 10.5. The van der Waals surface area contributed by atoms with Gasteiger partial charge in [-0.1, -0.05) is 33.6 Å². The maximum absolute atomic E-state index is 11.6. The van der Waals surface area contributed by atoms with Crippen LogP contribution in [0.4, 0.5) is 0 Å². The molecule has 22 heavy (non-hydrogen) atoms. The molecule has 2 aromatic carbocycles.